The lowest BCUT2D eigenvalue weighted by atomic mass is 9.82. The molecular formula is C42H52NO7+. The smallest absolute Gasteiger partial charge is 0.194 e. The molecule has 50 heavy (non-hydrogen) atoms. The van der Waals surface area contributed by atoms with Gasteiger partial charge in [-0.2, -0.15) is 0 Å². The number of methoxy groups -OCH3 is 3. The summed E-state index contributed by atoms with van der Waals surface area (Å²) < 4.78 is 18.3. The number of aromatic hydroxyl groups is 2. The number of phenols is 2. The van der Waals surface area contributed by atoms with Gasteiger partial charge in [0.1, 0.15) is 17.2 Å². The summed E-state index contributed by atoms with van der Waals surface area (Å²) in [6.07, 6.45) is 14.2. The summed E-state index contributed by atoms with van der Waals surface area (Å²) in [5.74, 6) is 0.569. The molecule has 1 aliphatic rings. The van der Waals surface area contributed by atoms with E-state index in [4.69, 9.17) is 14.2 Å². The monoisotopic (exact) mass is 682 g/mol. The fraction of sp³-hybridized carbons (Fsp3) is 0.476. The van der Waals surface area contributed by atoms with Gasteiger partial charge in [0, 0.05) is 51.0 Å². The fourth-order valence-corrected chi connectivity index (χ4v) is 8.53. The number of hydrogen-bond donors (Lipinski definition) is 2. The Morgan fingerprint density at radius 2 is 1.20 bits per heavy atom. The van der Waals surface area contributed by atoms with Gasteiger partial charge >= 0.3 is 0 Å². The molecule has 0 spiro atoms. The molecule has 2 N–H and O–H groups in total. The molecule has 0 saturated heterocycles. The third kappa shape index (κ3) is 5.95. The lowest BCUT2D eigenvalue weighted by Gasteiger charge is -2.30. The average Bonchev–Trinajstić information content (AvgIpc) is 3.23. The molecule has 5 aromatic carbocycles. The Labute approximate surface area is 294 Å². The Morgan fingerprint density at radius 1 is 0.660 bits per heavy atom. The molecule has 8 heteroatoms. The topological polar surface area (TPSA) is 102 Å². The number of ether oxygens (including phenoxy) is 3. The summed E-state index contributed by atoms with van der Waals surface area (Å²) in [6.45, 7) is 6.29. The van der Waals surface area contributed by atoms with Gasteiger partial charge in [0.2, 0.25) is 0 Å². The van der Waals surface area contributed by atoms with Crippen molar-refractivity contribution >= 4 is 49.2 Å². The van der Waals surface area contributed by atoms with E-state index in [1.165, 1.54) is 84.8 Å². The largest absolute Gasteiger partial charge is 0.507 e. The molecule has 0 heterocycles. The molecule has 0 bridgehead atoms. The van der Waals surface area contributed by atoms with Crippen molar-refractivity contribution in [3.05, 3.63) is 54.8 Å². The molecule has 1 aliphatic carbocycles. The highest BCUT2D eigenvalue weighted by Crippen LogP contribution is 2.55. The van der Waals surface area contributed by atoms with Crippen molar-refractivity contribution in [1.82, 2.24) is 0 Å². The first-order valence-electron chi connectivity index (χ1n) is 18.2. The molecule has 266 valence electrons. The standard InChI is InChI=1S/C42H51NO7/c1-8-9-10-11-12-13-14-15-18-43(3,4)19-16-17-25-26-20-24(2)21-27-33-32(26)38-34(40(25)46)28(44)22-30(48-5)36(38)37-31(49-6)23-29(45)35(39(33)37)41(47)42(27)50-7/h21-23H,8-20H2,1-7H3,(H-,44,45,46,47)/p+1. The summed E-state index contributed by atoms with van der Waals surface area (Å²) in [6, 6.07) is 2.76. The molecule has 0 radical (unpaired) electrons. The minimum atomic E-state index is -0.403. The van der Waals surface area contributed by atoms with E-state index in [1.54, 1.807) is 0 Å². The average molecular weight is 683 g/mol. The van der Waals surface area contributed by atoms with Crippen molar-refractivity contribution < 1.29 is 28.9 Å². The van der Waals surface area contributed by atoms with E-state index < -0.39 is 5.43 Å². The van der Waals surface area contributed by atoms with E-state index in [2.05, 4.69) is 21.0 Å². The molecule has 0 amide bonds. The van der Waals surface area contributed by atoms with Crippen LogP contribution in [0.25, 0.3) is 49.2 Å². The van der Waals surface area contributed by atoms with E-state index >= 15 is 0 Å². The first-order chi connectivity index (χ1) is 24.0. The van der Waals surface area contributed by atoms with Crippen molar-refractivity contribution in [2.75, 3.05) is 48.5 Å². The van der Waals surface area contributed by atoms with Crippen LogP contribution in [-0.2, 0) is 12.8 Å². The molecule has 0 saturated carbocycles. The first kappa shape index (κ1) is 35.5. The number of unbranched alkanes of at least 4 members (excludes halogenated alkanes) is 7. The third-order valence-electron chi connectivity index (χ3n) is 11.0. The van der Waals surface area contributed by atoms with Gasteiger partial charge in [0.05, 0.1) is 59.3 Å². The zero-order valence-electron chi connectivity index (χ0n) is 30.8. The van der Waals surface area contributed by atoms with Crippen molar-refractivity contribution in [1.29, 1.82) is 0 Å². The fourth-order valence-electron chi connectivity index (χ4n) is 8.53. The van der Waals surface area contributed by atoms with Crippen molar-refractivity contribution in [3.8, 4) is 28.7 Å². The maximum Gasteiger partial charge on any atom is 0.194 e. The Balaban J connectivity index is 1.52. The minimum absolute atomic E-state index is 0.00197. The highest BCUT2D eigenvalue weighted by atomic mass is 16.5. The van der Waals surface area contributed by atoms with Gasteiger partial charge in [-0.3, -0.25) is 9.59 Å². The van der Waals surface area contributed by atoms with Gasteiger partial charge in [-0.15, -0.1) is 0 Å². The number of rotatable bonds is 16. The normalized spacial score (nSPS) is 13.2. The molecule has 6 rings (SSSR count). The lowest BCUT2D eigenvalue weighted by molar-refractivity contribution is -0.890. The van der Waals surface area contributed by atoms with E-state index in [0.29, 0.717) is 56.8 Å². The van der Waals surface area contributed by atoms with E-state index in [0.717, 1.165) is 46.1 Å². The number of benzene rings is 5. The lowest BCUT2D eigenvalue weighted by Crippen LogP contribution is -2.41. The Morgan fingerprint density at radius 3 is 1.78 bits per heavy atom. The maximum absolute atomic E-state index is 14.0. The highest BCUT2D eigenvalue weighted by Gasteiger charge is 2.33. The minimum Gasteiger partial charge on any atom is -0.507 e. The third-order valence-corrected chi connectivity index (χ3v) is 11.0. The van der Waals surface area contributed by atoms with Crippen LogP contribution in [0.2, 0.25) is 0 Å². The van der Waals surface area contributed by atoms with Crippen LogP contribution in [-0.4, -0.2) is 63.2 Å². The number of hydrogen-bond acceptors (Lipinski definition) is 7. The second-order valence-corrected chi connectivity index (χ2v) is 14.9. The van der Waals surface area contributed by atoms with Crippen LogP contribution in [0, 0.1) is 0 Å². The number of quaternary nitrogens is 1. The summed E-state index contributed by atoms with van der Waals surface area (Å²) in [7, 11) is 9.03. The SMILES string of the molecule is CCCCCCCCCC[N+](C)(C)CCCc1c(O)c2c(=O)cc(OC)c3c4c(OC)cc(=O)c5c(O)c(OC)c6c(c(c1CC(C)=C6)c23)c54. The van der Waals surface area contributed by atoms with Gasteiger partial charge in [-0.1, -0.05) is 57.1 Å². The quantitative estimate of drug-likeness (QED) is 0.0466. The van der Waals surface area contributed by atoms with Crippen LogP contribution in [0.5, 0.6) is 28.7 Å². The summed E-state index contributed by atoms with van der Waals surface area (Å²) in [5.41, 5.74) is 2.55. The molecule has 0 atom stereocenters. The molecule has 5 aromatic rings. The Hall–Kier alpha value is -4.30. The predicted octanol–water partition coefficient (Wildman–Crippen LogP) is 8.44. The van der Waals surface area contributed by atoms with Gasteiger partial charge in [-0.25, -0.2) is 0 Å². The first-order valence-corrected chi connectivity index (χ1v) is 18.2. The molecule has 8 nitrogen and oxygen atoms in total. The van der Waals surface area contributed by atoms with Gasteiger partial charge in [0.25, 0.3) is 0 Å². The van der Waals surface area contributed by atoms with Crippen LogP contribution in [0.15, 0.2) is 27.3 Å². The summed E-state index contributed by atoms with van der Waals surface area (Å²) >= 11 is 0. The van der Waals surface area contributed by atoms with Crippen molar-refractivity contribution in [2.24, 2.45) is 0 Å². The number of nitrogens with zero attached hydrogens (tertiary/aromatic N) is 1. The highest BCUT2D eigenvalue weighted by molar-refractivity contribution is 6.39. The number of fused-ring (bicyclic) bond motifs is 1. The van der Waals surface area contributed by atoms with Gasteiger partial charge in [0.15, 0.2) is 22.4 Å². The van der Waals surface area contributed by atoms with Gasteiger partial charge in [-0.05, 0) is 49.1 Å². The molecule has 0 aliphatic heterocycles. The summed E-state index contributed by atoms with van der Waals surface area (Å²) in [5, 5.41) is 27.7. The zero-order valence-corrected chi connectivity index (χ0v) is 30.8. The number of allylic oxidation sites excluding steroid dienone is 1. The van der Waals surface area contributed by atoms with Crippen LogP contribution in [0.4, 0.5) is 0 Å². The van der Waals surface area contributed by atoms with Crippen molar-refractivity contribution in [2.45, 2.75) is 84.5 Å². The molecular weight excluding hydrogens is 630 g/mol. The van der Waals surface area contributed by atoms with E-state index in [-0.39, 0.29) is 33.4 Å². The van der Waals surface area contributed by atoms with Crippen LogP contribution >= 0.6 is 0 Å². The second kappa shape index (κ2) is 14.1. The van der Waals surface area contributed by atoms with Crippen molar-refractivity contribution in [3.63, 3.8) is 0 Å². The van der Waals surface area contributed by atoms with Crippen LogP contribution < -0.4 is 25.1 Å². The second-order valence-electron chi connectivity index (χ2n) is 14.9. The van der Waals surface area contributed by atoms with Gasteiger partial charge < -0.3 is 28.9 Å². The maximum atomic E-state index is 14.0. The molecule has 0 fully saturated rings. The number of phenolic OH excluding ortho intramolecular Hbond substituents is 2. The molecule has 0 unspecified atom stereocenters. The Bertz CT molecular complexity index is 2220. The predicted molar refractivity (Wildman–Crippen MR) is 204 cm³/mol. The van der Waals surface area contributed by atoms with Crippen LogP contribution in [0.3, 0.4) is 0 Å². The Kier molecular flexibility index (Phi) is 10.0. The van der Waals surface area contributed by atoms with E-state index in [1.807, 2.05) is 13.0 Å². The zero-order chi connectivity index (χ0) is 35.9. The van der Waals surface area contributed by atoms with E-state index in [9.17, 15) is 19.8 Å². The summed E-state index contributed by atoms with van der Waals surface area (Å²) in [4.78, 5) is 27.7. The van der Waals surface area contributed by atoms with Crippen LogP contribution in [0.1, 0.15) is 88.3 Å². The molecule has 0 aromatic heterocycles.